The summed E-state index contributed by atoms with van der Waals surface area (Å²) in [6, 6.07) is 5.38. The Balaban J connectivity index is 0.00000162. The van der Waals surface area contributed by atoms with Gasteiger partial charge in [0, 0.05) is 42.3 Å². The molecular formula is C13H20BrCl2FN2. The van der Waals surface area contributed by atoms with Crippen LogP contribution in [0.3, 0.4) is 0 Å². The molecule has 0 aliphatic carbocycles. The van der Waals surface area contributed by atoms with Crippen LogP contribution in [0.5, 0.6) is 0 Å². The predicted octanol–water partition coefficient (Wildman–Crippen LogP) is 3.79. The predicted molar refractivity (Wildman–Crippen MR) is 86.1 cm³/mol. The van der Waals surface area contributed by atoms with E-state index < -0.39 is 0 Å². The summed E-state index contributed by atoms with van der Waals surface area (Å²) in [5.41, 5.74) is 0.803. The molecule has 2 nitrogen and oxygen atoms in total. The van der Waals surface area contributed by atoms with Gasteiger partial charge in [0.2, 0.25) is 0 Å². The van der Waals surface area contributed by atoms with Crippen molar-refractivity contribution >= 4 is 40.7 Å². The van der Waals surface area contributed by atoms with Crippen molar-refractivity contribution in [1.82, 2.24) is 10.2 Å². The van der Waals surface area contributed by atoms with E-state index >= 15 is 0 Å². The van der Waals surface area contributed by atoms with Crippen LogP contribution in [-0.4, -0.2) is 31.1 Å². The Labute approximate surface area is 135 Å². The standard InChI is InChI=1S/C13H18BrFN2.2ClH/c1-2-12(17-8-6-16-7-9-17)13-10(14)4-3-5-11(13)15;;/h3-5,12,16H,2,6-9H2,1H3;2*1H/t12-;;/m0../s1. The Morgan fingerprint density at radius 3 is 2.47 bits per heavy atom. The maximum Gasteiger partial charge on any atom is 0.129 e. The Morgan fingerprint density at radius 2 is 1.95 bits per heavy atom. The van der Waals surface area contributed by atoms with E-state index in [1.165, 1.54) is 0 Å². The maximum atomic E-state index is 14.0. The molecule has 6 heteroatoms. The summed E-state index contributed by atoms with van der Waals surface area (Å²) in [5, 5.41) is 3.33. The van der Waals surface area contributed by atoms with Gasteiger partial charge in [-0.25, -0.2) is 4.39 Å². The van der Waals surface area contributed by atoms with E-state index in [1.807, 2.05) is 6.07 Å². The number of nitrogens with one attached hydrogen (secondary N) is 1. The van der Waals surface area contributed by atoms with Gasteiger partial charge in [0.1, 0.15) is 5.82 Å². The number of hydrogen-bond acceptors (Lipinski definition) is 2. The van der Waals surface area contributed by atoms with Gasteiger partial charge in [0.05, 0.1) is 0 Å². The Kier molecular flexibility index (Phi) is 9.20. The first-order valence-corrected chi connectivity index (χ1v) is 6.92. The molecule has 1 N–H and O–H groups in total. The first kappa shape index (κ1) is 19.1. The minimum atomic E-state index is -0.107. The van der Waals surface area contributed by atoms with Crippen LogP contribution in [0, 0.1) is 5.82 Å². The molecular weight excluding hydrogens is 354 g/mol. The van der Waals surface area contributed by atoms with Gasteiger partial charge in [-0.3, -0.25) is 4.90 Å². The third kappa shape index (κ3) is 4.57. The van der Waals surface area contributed by atoms with Crippen molar-refractivity contribution in [3.63, 3.8) is 0 Å². The molecule has 1 atom stereocenters. The minimum absolute atomic E-state index is 0. The highest BCUT2D eigenvalue weighted by Gasteiger charge is 2.24. The second-order valence-corrected chi connectivity index (χ2v) is 5.20. The number of benzene rings is 1. The average molecular weight is 374 g/mol. The fraction of sp³-hybridized carbons (Fsp3) is 0.538. The van der Waals surface area contributed by atoms with Crippen molar-refractivity contribution in [3.8, 4) is 0 Å². The molecule has 1 heterocycles. The molecule has 0 spiro atoms. The maximum absolute atomic E-state index is 14.0. The van der Waals surface area contributed by atoms with E-state index in [0.29, 0.717) is 0 Å². The molecule has 1 aromatic carbocycles. The van der Waals surface area contributed by atoms with Crippen molar-refractivity contribution in [2.24, 2.45) is 0 Å². The van der Waals surface area contributed by atoms with Crippen LogP contribution in [0.1, 0.15) is 24.9 Å². The lowest BCUT2D eigenvalue weighted by molar-refractivity contribution is 0.165. The summed E-state index contributed by atoms with van der Waals surface area (Å²) in [4.78, 5) is 2.36. The van der Waals surface area contributed by atoms with Crippen LogP contribution in [0.15, 0.2) is 22.7 Å². The van der Waals surface area contributed by atoms with E-state index in [9.17, 15) is 4.39 Å². The van der Waals surface area contributed by atoms with Gasteiger partial charge in [0.25, 0.3) is 0 Å². The number of nitrogens with zero attached hydrogens (tertiary/aromatic N) is 1. The number of rotatable bonds is 3. The van der Waals surface area contributed by atoms with Crippen LogP contribution in [0.4, 0.5) is 4.39 Å². The summed E-state index contributed by atoms with van der Waals surface area (Å²) in [6.45, 7) is 6.06. The Bertz CT molecular complexity index is 367. The topological polar surface area (TPSA) is 15.3 Å². The summed E-state index contributed by atoms with van der Waals surface area (Å²) in [5.74, 6) is -0.107. The van der Waals surface area contributed by atoms with Crippen molar-refractivity contribution < 1.29 is 4.39 Å². The van der Waals surface area contributed by atoms with Gasteiger partial charge in [-0.2, -0.15) is 0 Å². The van der Waals surface area contributed by atoms with Gasteiger partial charge in [0.15, 0.2) is 0 Å². The fourth-order valence-corrected chi connectivity index (χ4v) is 3.07. The number of piperazine rings is 1. The van der Waals surface area contributed by atoms with Gasteiger partial charge in [-0.05, 0) is 18.6 Å². The van der Waals surface area contributed by atoms with Crippen molar-refractivity contribution in [3.05, 3.63) is 34.1 Å². The molecule has 110 valence electrons. The summed E-state index contributed by atoms with van der Waals surface area (Å²) in [7, 11) is 0. The number of halogens is 4. The average Bonchev–Trinajstić information content (AvgIpc) is 2.35. The highest BCUT2D eigenvalue weighted by molar-refractivity contribution is 9.10. The largest absolute Gasteiger partial charge is 0.314 e. The molecule has 2 rings (SSSR count). The quantitative estimate of drug-likeness (QED) is 0.867. The summed E-state index contributed by atoms with van der Waals surface area (Å²) >= 11 is 3.47. The molecule has 1 aliphatic heterocycles. The normalized spacial score (nSPS) is 17.2. The molecule has 1 fully saturated rings. The SMILES string of the molecule is CC[C@@H](c1c(F)cccc1Br)N1CCNCC1.Cl.Cl. The molecule has 19 heavy (non-hydrogen) atoms. The molecule has 0 bridgehead atoms. The van der Waals surface area contributed by atoms with E-state index in [0.717, 1.165) is 42.6 Å². The molecule has 1 aliphatic rings. The van der Waals surface area contributed by atoms with E-state index in [2.05, 4.69) is 33.1 Å². The van der Waals surface area contributed by atoms with Crippen LogP contribution < -0.4 is 5.32 Å². The number of hydrogen-bond donors (Lipinski definition) is 1. The highest BCUT2D eigenvalue weighted by Crippen LogP contribution is 2.32. The molecule has 1 aromatic rings. The van der Waals surface area contributed by atoms with Crippen LogP contribution >= 0.6 is 40.7 Å². The molecule has 0 saturated carbocycles. The van der Waals surface area contributed by atoms with Gasteiger partial charge < -0.3 is 5.32 Å². The lowest BCUT2D eigenvalue weighted by Crippen LogP contribution is -2.45. The fourth-order valence-electron chi connectivity index (χ4n) is 2.47. The molecule has 0 radical (unpaired) electrons. The molecule has 0 aromatic heterocycles. The summed E-state index contributed by atoms with van der Waals surface area (Å²) < 4.78 is 14.8. The van der Waals surface area contributed by atoms with Crippen molar-refractivity contribution in [2.45, 2.75) is 19.4 Å². The second kappa shape index (κ2) is 9.14. The monoisotopic (exact) mass is 372 g/mol. The van der Waals surface area contributed by atoms with E-state index in [4.69, 9.17) is 0 Å². The Morgan fingerprint density at radius 1 is 1.32 bits per heavy atom. The highest BCUT2D eigenvalue weighted by atomic mass is 79.9. The third-order valence-electron chi connectivity index (χ3n) is 3.31. The van der Waals surface area contributed by atoms with Crippen molar-refractivity contribution in [1.29, 1.82) is 0 Å². The zero-order chi connectivity index (χ0) is 12.3. The van der Waals surface area contributed by atoms with Gasteiger partial charge >= 0.3 is 0 Å². The van der Waals surface area contributed by atoms with Crippen LogP contribution in [-0.2, 0) is 0 Å². The zero-order valence-corrected chi connectivity index (χ0v) is 14.1. The lowest BCUT2D eigenvalue weighted by Gasteiger charge is -2.35. The smallest absolute Gasteiger partial charge is 0.129 e. The first-order chi connectivity index (χ1) is 8.24. The molecule has 0 amide bonds. The molecule has 0 unspecified atom stereocenters. The van der Waals surface area contributed by atoms with Crippen LogP contribution in [0.2, 0.25) is 0 Å². The zero-order valence-electron chi connectivity index (χ0n) is 10.9. The first-order valence-electron chi connectivity index (χ1n) is 6.12. The van der Waals surface area contributed by atoms with Crippen molar-refractivity contribution in [2.75, 3.05) is 26.2 Å². The molecule has 1 saturated heterocycles. The summed E-state index contributed by atoms with van der Waals surface area (Å²) in [6.07, 6.45) is 0.930. The van der Waals surface area contributed by atoms with Crippen LogP contribution in [0.25, 0.3) is 0 Å². The minimum Gasteiger partial charge on any atom is -0.314 e. The van der Waals surface area contributed by atoms with E-state index in [-0.39, 0.29) is 36.7 Å². The Hall–Kier alpha value is 0.130. The second-order valence-electron chi connectivity index (χ2n) is 4.35. The van der Waals surface area contributed by atoms with Gasteiger partial charge in [-0.1, -0.05) is 28.9 Å². The van der Waals surface area contributed by atoms with Gasteiger partial charge in [-0.15, -0.1) is 24.8 Å². The van der Waals surface area contributed by atoms with E-state index in [1.54, 1.807) is 12.1 Å². The third-order valence-corrected chi connectivity index (χ3v) is 4.00. The lowest BCUT2D eigenvalue weighted by atomic mass is 10.0.